The monoisotopic (exact) mass is 319 g/mol. The number of hydrogen-bond acceptors (Lipinski definition) is 7. The molecule has 0 radical (unpaired) electrons. The fraction of sp³-hybridized carbons (Fsp3) is 0.467. The van der Waals surface area contributed by atoms with Gasteiger partial charge in [0, 0.05) is 24.7 Å². The number of aromatic hydroxyl groups is 1. The average molecular weight is 319 g/mol. The van der Waals surface area contributed by atoms with Gasteiger partial charge in [-0.3, -0.25) is 9.36 Å². The highest BCUT2D eigenvalue weighted by molar-refractivity contribution is 5.51. The van der Waals surface area contributed by atoms with E-state index in [1.54, 1.807) is 19.9 Å². The fourth-order valence-corrected chi connectivity index (χ4v) is 2.25. The first-order valence-electron chi connectivity index (χ1n) is 7.49. The van der Waals surface area contributed by atoms with E-state index in [0.717, 1.165) is 12.8 Å². The van der Waals surface area contributed by atoms with E-state index >= 15 is 0 Å². The van der Waals surface area contributed by atoms with Gasteiger partial charge >= 0.3 is 0 Å². The Hall–Kier alpha value is -2.48. The Labute approximate surface area is 133 Å². The van der Waals surface area contributed by atoms with Gasteiger partial charge in [0.15, 0.2) is 11.6 Å². The standard InChI is InChI=1S/C15H21N5O3/c1-4-5-6-20-14(21)11(8-16)10(3)13(15(20)22)18-17-12-7-9(2)23-19-12/h7,21H,4-6,8,16H2,1-3H3. The molecule has 2 rings (SSSR count). The van der Waals surface area contributed by atoms with Crippen molar-refractivity contribution in [2.24, 2.45) is 16.0 Å². The van der Waals surface area contributed by atoms with Gasteiger partial charge < -0.3 is 15.4 Å². The van der Waals surface area contributed by atoms with Gasteiger partial charge in [0.2, 0.25) is 5.82 Å². The highest BCUT2D eigenvalue weighted by Gasteiger charge is 2.18. The minimum Gasteiger partial charge on any atom is -0.494 e. The normalized spacial score (nSPS) is 11.5. The number of nitrogens with zero attached hydrogens (tertiary/aromatic N) is 4. The number of pyridine rings is 1. The van der Waals surface area contributed by atoms with Crippen LogP contribution in [0.1, 0.15) is 36.7 Å². The molecular formula is C15H21N5O3. The third-order valence-electron chi connectivity index (χ3n) is 3.59. The summed E-state index contributed by atoms with van der Waals surface area (Å²) in [6, 6.07) is 1.61. The van der Waals surface area contributed by atoms with Crippen LogP contribution in [0.5, 0.6) is 5.88 Å². The van der Waals surface area contributed by atoms with E-state index in [1.807, 2.05) is 6.92 Å². The SMILES string of the molecule is CCCCn1c(O)c(CN)c(C)c(N=Nc2cc(C)on2)c1=O. The van der Waals surface area contributed by atoms with Crippen molar-refractivity contribution in [1.82, 2.24) is 9.72 Å². The lowest BCUT2D eigenvalue weighted by Gasteiger charge is -2.15. The van der Waals surface area contributed by atoms with Crippen molar-refractivity contribution in [3.05, 3.63) is 33.3 Å². The van der Waals surface area contributed by atoms with E-state index in [-0.39, 0.29) is 23.9 Å². The molecule has 2 aromatic heterocycles. The predicted molar refractivity (Wildman–Crippen MR) is 85.3 cm³/mol. The molecule has 3 N–H and O–H groups in total. The third kappa shape index (κ3) is 3.48. The summed E-state index contributed by atoms with van der Waals surface area (Å²) < 4.78 is 6.20. The van der Waals surface area contributed by atoms with Gasteiger partial charge in [-0.25, -0.2) is 0 Å². The molecule has 0 spiro atoms. The minimum atomic E-state index is -0.394. The van der Waals surface area contributed by atoms with Crippen molar-refractivity contribution >= 4 is 11.5 Å². The van der Waals surface area contributed by atoms with Gasteiger partial charge in [0.25, 0.3) is 5.56 Å². The summed E-state index contributed by atoms with van der Waals surface area (Å²) >= 11 is 0. The van der Waals surface area contributed by atoms with E-state index in [1.165, 1.54) is 4.57 Å². The molecule has 0 aliphatic heterocycles. The molecule has 0 saturated heterocycles. The summed E-state index contributed by atoms with van der Waals surface area (Å²) in [5, 5.41) is 21.9. The molecule has 0 atom stereocenters. The van der Waals surface area contributed by atoms with Crippen molar-refractivity contribution < 1.29 is 9.63 Å². The molecule has 2 aromatic rings. The first-order valence-corrected chi connectivity index (χ1v) is 7.49. The Morgan fingerprint density at radius 2 is 2.13 bits per heavy atom. The molecule has 0 amide bonds. The number of aryl methyl sites for hydroxylation is 1. The molecular weight excluding hydrogens is 298 g/mol. The Morgan fingerprint density at radius 3 is 2.70 bits per heavy atom. The molecule has 0 aliphatic carbocycles. The molecule has 0 aromatic carbocycles. The predicted octanol–water partition coefficient (Wildman–Crippen LogP) is 2.83. The maximum Gasteiger partial charge on any atom is 0.281 e. The second kappa shape index (κ2) is 7.19. The lowest BCUT2D eigenvalue weighted by molar-refractivity contribution is 0.394. The van der Waals surface area contributed by atoms with Crippen molar-refractivity contribution in [2.75, 3.05) is 0 Å². The molecule has 23 heavy (non-hydrogen) atoms. The fourth-order valence-electron chi connectivity index (χ4n) is 2.25. The minimum absolute atomic E-state index is 0.0975. The molecule has 2 heterocycles. The van der Waals surface area contributed by atoms with Gasteiger partial charge in [0.1, 0.15) is 5.76 Å². The number of hydrogen-bond donors (Lipinski definition) is 2. The van der Waals surface area contributed by atoms with E-state index < -0.39 is 5.56 Å². The lowest BCUT2D eigenvalue weighted by Crippen LogP contribution is -2.23. The van der Waals surface area contributed by atoms with Gasteiger partial charge in [-0.2, -0.15) is 0 Å². The Kier molecular flexibility index (Phi) is 5.28. The second-order valence-electron chi connectivity index (χ2n) is 5.29. The van der Waals surface area contributed by atoms with Crippen molar-refractivity contribution in [1.29, 1.82) is 0 Å². The van der Waals surface area contributed by atoms with E-state index in [0.29, 0.717) is 23.4 Å². The van der Waals surface area contributed by atoms with Crippen LogP contribution in [0.15, 0.2) is 25.6 Å². The van der Waals surface area contributed by atoms with Crippen LogP contribution >= 0.6 is 0 Å². The number of aromatic nitrogens is 2. The zero-order valence-corrected chi connectivity index (χ0v) is 13.5. The average Bonchev–Trinajstić information content (AvgIpc) is 2.93. The van der Waals surface area contributed by atoms with E-state index in [4.69, 9.17) is 10.3 Å². The van der Waals surface area contributed by atoms with Crippen LogP contribution in [0.2, 0.25) is 0 Å². The summed E-state index contributed by atoms with van der Waals surface area (Å²) in [7, 11) is 0. The van der Waals surface area contributed by atoms with E-state index in [2.05, 4.69) is 15.4 Å². The van der Waals surface area contributed by atoms with Crippen LogP contribution < -0.4 is 11.3 Å². The number of rotatable bonds is 6. The number of azo groups is 1. The summed E-state index contributed by atoms with van der Waals surface area (Å²) in [4.78, 5) is 12.6. The smallest absolute Gasteiger partial charge is 0.281 e. The number of unbranched alkanes of at least 4 members (excludes halogenated alkanes) is 1. The number of nitrogens with two attached hydrogens (primary N) is 1. The molecule has 0 saturated carbocycles. The summed E-state index contributed by atoms with van der Waals surface area (Å²) in [6.07, 6.45) is 1.66. The lowest BCUT2D eigenvalue weighted by atomic mass is 10.1. The van der Waals surface area contributed by atoms with Gasteiger partial charge in [0.05, 0.1) is 0 Å². The van der Waals surface area contributed by atoms with Crippen LogP contribution in [-0.4, -0.2) is 14.8 Å². The third-order valence-corrected chi connectivity index (χ3v) is 3.59. The summed E-state index contributed by atoms with van der Waals surface area (Å²) in [6.45, 7) is 5.95. The summed E-state index contributed by atoms with van der Waals surface area (Å²) in [5.74, 6) is 0.785. The van der Waals surface area contributed by atoms with Gasteiger partial charge in [-0.1, -0.05) is 18.5 Å². The van der Waals surface area contributed by atoms with Crippen molar-refractivity contribution in [3.8, 4) is 5.88 Å². The van der Waals surface area contributed by atoms with Crippen LogP contribution in [0, 0.1) is 13.8 Å². The van der Waals surface area contributed by atoms with E-state index in [9.17, 15) is 9.90 Å². The molecule has 0 unspecified atom stereocenters. The quantitative estimate of drug-likeness (QED) is 0.793. The largest absolute Gasteiger partial charge is 0.494 e. The van der Waals surface area contributed by atoms with Crippen molar-refractivity contribution in [2.45, 2.75) is 46.7 Å². The molecule has 8 nitrogen and oxygen atoms in total. The highest BCUT2D eigenvalue weighted by Crippen LogP contribution is 2.27. The second-order valence-corrected chi connectivity index (χ2v) is 5.29. The van der Waals surface area contributed by atoms with Crippen molar-refractivity contribution in [3.63, 3.8) is 0 Å². The highest BCUT2D eigenvalue weighted by atomic mass is 16.5. The maximum atomic E-state index is 12.6. The Bertz CT molecular complexity index is 776. The molecule has 0 aliphatic rings. The molecule has 0 bridgehead atoms. The molecule has 0 fully saturated rings. The Morgan fingerprint density at radius 1 is 1.39 bits per heavy atom. The van der Waals surface area contributed by atoms with Gasteiger partial charge in [-0.15, -0.1) is 10.2 Å². The zero-order valence-electron chi connectivity index (χ0n) is 13.5. The zero-order chi connectivity index (χ0) is 17.0. The summed E-state index contributed by atoms with van der Waals surface area (Å²) in [5.41, 5.74) is 6.47. The Balaban J connectivity index is 2.53. The maximum absolute atomic E-state index is 12.6. The van der Waals surface area contributed by atoms with Crippen LogP contribution in [-0.2, 0) is 13.1 Å². The first kappa shape index (κ1) is 16.9. The van der Waals surface area contributed by atoms with Crippen LogP contribution in [0.3, 0.4) is 0 Å². The molecule has 8 heteroatoms. The van der Waals surface area contributed by atoms with Crippen LogP contribution in [0.4, 0.5) is 11.5 Å². The van der Waals surface area contributed by atoms with Crippen LogP contribution in [0.25, 0.3) is 0 Å². The van der Waals surface area contributed by atoms with Gasteiger partial charge in [-0.05, 0) is 25.8 Å². The topological polar surface area (TPSA) is 119 Å². The first-order chi connectivity index (χ1) is 11.0. The molecule has 124 valence electrons.